The van der Waals surface area contributed by atoms with E-state index in [2.05, 4.69) is 31.2 Å². The molecule has 1 aliphatic rings. The monoisotopic (exact) mass is 247 g/mol. The van der Waals surface area contributed by atoms with Gasteiger partial charge in [-0.05, 0) is 31.2 Å². The van der Waals surface area contributed by atoms with Crippen molar-refractivity contribution in [3.63, 3.8) is 0 Å². The Kier molecular flexibility index (Phi) is 5.21. The second-order valence-electron chi connectivity index (χ2n) is 5.56. The van der Waals surface area contributed by atoms with Crippen molar-refractivity contribution >= 4 is 0 Å². The zero-order valence-corrected chi connectivity index (χ0v) is 11.4. The second kappa shape index (κ2) is 6.91. The van der Waals surface area contributed by atoms with Crippen LogP contribution in [0.4, 0.5) is 0 Å². The Morgan fingerprint density at radius 2 is 1.83 bits per heavy atom. The number of hydrogen-bond donors (Lipinski definition) is 1. The maximum absolute atomic E-state index is 6.14. The lowest BCUT2D eigenvalue weighted by atomic mass is 9.90. The molecule has 2 rings (SSSR count). The van der Waals surface area contributed by atoms with Crippen molar-refractivity contribution in [1.29, 1.82) is 0 Å². The van der Waals surface area contributed by atoms with Gasteiger partial charge in [-0.15, -0.1) is 0 Å². The van der Waals surface area contributed by atoms with Crippen molar-refractivity contribution in [1.82, 2.24) is 0 Å². The smallest absolute Gasteiger partial charge is 0.0659 e. The zero-order chi connectivity index (χ0) is 12.8. The number of aryl methyl sites for hydroxylation is 1. The molecule has 1 saturated carbocycles. The molecule has 0 aromatic heterocycles. The zero-order valence-electron chi connectivity index (χ0n) is 11.4. The normalized spacial score (nSPS) is 18.8. The Balaban J connectivity index is 1.70. The summed E-state index contributed by atoms with van der Waals surface area (Å²) < 4.78 is 5.79. The standard InChI is InChI=1S/C16H25NO/c1-13-7-9-15(10-8-13)16(17)12-18-11-14-5-3-2-4-6-14/h7-10,14,16H,2-6,11-12,17H2,1H3. The van der Waals surface area contributed by atoms with E-state index in [1.54, 1.807) is 0 Å². The Bertz CT molecular complexity index is 341. The van der Waals surface area contributed by atoms with Crippen LogP contribution in [0.3, 0.4) is 0 Å². The van der Waals surface area contributed by atoms with Crippen LogP contribution in [0.5, 0.6) is 0 Å². The van der Waals surface area contributed by atoms with E-state index in [0.717, 1.165) is 12.5 Å². The molecule has 1 aliphatic carbocycles. The largest absolute Gasteiger partial charge is 0.379 e. The summed E-state index contributed by atoms with van der Waals surface area (Å²) in [4.78, 5) is 0. The summed E-state index contributed by atoms with van der Waals surface area (Å²) in [7, 11) is 0. The molecule has 0 bridgehead atoms. The molecule has 0 spiro atoms. The van der Waals surface area contributed by atoms with Gasteiger partial charge in [0, 0.05) is 6.61 Å². The third-order valence-electron chi connectivity index (χ3n) is 3.88. The molecule has 1 atom stereocenters. The first-order chi connectivity index (χ1) is 8.75. The van der Waals surface area contributed by atoms with Gasteiger partial charge in [-0.25, -0.2) is 0 Å². The van der Waals surface area contributed by atoms with E-state index in [9.17, 15) is 0 Å². The van der Waals surface area contributed by atoms with Gasteiger partial charge in [0.15, 0.2) is 0 Å². The first-order valence-electron chi connectivity index (χ1n) is 7.15. The highest BCUT2D eigenvalue weighted by molar-refractivity contribution is 5.23. The van der Waals surface area contributed by atoms with Gasteiger partial charge >= 0.3 is 0 Å². The molecule has 0 heterocycles. The molecule has 2 N–H and O–H groups in total. The molecule has 0 radical (unpaired) electrons. The molecule has 2 nitrogen and oxygen atoms in total. The fourth-order valence-electron chi connectivity index (χ4n) is 2.63. The van der Waals surface area contributed by atoms with Crippen molar-refractivity contribution in [2.45, 2.75) is 45.1 Å². The summed E-state index contributed by atoms with van der Waals surface area (Å²) in [6, 6.07) is 8.43. The van der Waals surface area contributed by atoms with Crippen LogP contribution >= 0.6 is 0 Å². The third-order valence-corrected chi connectivity index (χ3v) is 3.88. The third kappa shape index (κ3) is 4.11. The quantitative estimate of drug-likeness (QED) is 0.863. The van der Waals surface area contributed by atoms with Crippen LogP contribution in [0.15, 0.2) is 24.3 Å². The van der Waals surface area contributed by atoms with E-state index in [0.29, 0.717) is 6.61 Å². The van der Waals surface area contributed by atoms with E-state index >= 15 is 0 Å². The van der Waals surface area contributed by atoms with Gasteiger partial charge in [-0.2, -0.15) is 0 Å². The summed E-state index contributed by atoms with van der Waals surface area (Å²) in [5, 5.41) is 0. The minimum Gasteiger partial charge on any atom is -0.379 e. The molecule has 18 heavy (non-hydrogen) atoms. The van der Waals surface area contributed by atoms with Crippen LogP contribution in [0, 0.1) is 12.8 Å². The van der Waals surface area contributed by atoms with Crippen molar-refractivity contribution in [2.24, 2.45) is 11.7 Å². The van der Waals surface area contributed by atoms with Crippen molar-refractivity contribution in [3.8, 4) is 0 Å². The van der Waals surface area contributed by atoms with E-state index in [-0.39, 0.29) is 6.04 Å². The molecule has 100 valence electrons. The number of rotatable bonds is 5. The summed E-state index contributed by atoms with van der Waals surface area (Å²) >= 11 is 0. The molecule has 1 unspecified atom stereocenters. The van der Waals surface area contributed by atoms with Gasteiger partial charge in [-0.1, -0.05) is 49.1 Å². The maximum atomic E-state index is 6.14. The van der Waals surface area contributed by atoms with Gasteiger partial charge in [0.1, 0.15) is 0 Å². The molecule has 0 amide bonds. The molecule has 2 heteroatoms. The van der Waals surface area contributed by atoms with Crippen LogP contribution < -0.4 is 5.73 Å². The Labute approximate surface area is 111 Å². The van der Waals surface area contributed by atoms with Crippen LogP contribution in [-0.4, -0.2) is 13.2 Å². The predicted octanol–water partition coefficient (Wildman–Crippen LogP) is 3.59. The lowest BCUT2D eigenvalue weighted by molar-refractivity contribution is 0.0759. The molecule has 0 aliphatic heterocycles. The number of benzene rings is 1. The summed E-state index contributed by atoms with van der Waals surface area (Å²) in [5.74, 6) is 0.768. The highest BCUT2D eigenvalue weighted by atomic mass is 16.5. The molecular weight excluding hydrogens is 222 g/mol. The van der Waals surface area contributed by atoms with Crippen LogP contribution in [-0.2, 0) is 4.74 Å². The topological polar surface area (TPSA) is 35.2 Å². The first kappa shape index (κ1) is 13.6. The number of ether oxygens (including phenoxy) is 1. The van der Waals surface area contributed by atoms with E-state index in [4.69, 9.17) is 10.5 Å². The highest BCUT2D eigenvalue weighted by Crippen LogP contribution is 2.24. The van der Waals surface area contributed by atoms with Gasteiger partial charge in [0.05, 0.1) is 12.6 Å². The number of hydrogen-bond acceptors (Lipinski definition) is 2. The maximum Gasteiger partial charge on any atom is 0.0659 e. The summed E-state index contributed by atoms with van der Waals surface area (Å²) in [5.41, 5.74) is 8.58. The van der Waals surface area contributed by atoms with E-state index in [1.807, 2.05) is 0 Å². The van der Waals surface area contributed by atoms with Crippen molar-refractivity contribution in [3.05, 3.63) is 35.4 Å². The average molecular weight is 247 g/mol. The van der Waals surface area contributed by atoms with E-state index in [1.165, 1.54) is 43.2 Å². The Hall–Kier alpha value is -0.860. The lowest BCUT2D eigenvalue weighted by Crippen LogP contribution is -2.20. The minimum absolute atomic E-state index is 0.00851. The average Bonchev–Trinajstić information content (AvgIpc) is 2.40. The van der Waals surface area contributed by atoms with Crippen LogP contribution in [0.2, 0.25) is 0 Å². The second-order valence-corrected chi connectivity index (χ2v) is 5.56. The Morgan fingerprint density at radius 3 is 2.50 bits per heavy atom. The molecule has 1 aromatic carbocycles. The van der Waals surface area contributed by atoms with Gasteiger partial charge in [-0.3, -0.25) is 0 Å². The van der Waals surface area contributed by atoms with Gasteiger partial charge < -0.3 is 10.5 Å². The molecular formula is C16H25NO. The molecule has 0 saturated heterocycles. The fraction of sp³-hybridized carbons (Fsp3) is 0.625. The van der Waals surface area contributed by atoms with Crippen molar-refractivity contribution in [2.75, 3.05) is 13.2 Å². The van der Waals surface area contributed by atoms with Crippen LogP contribution in [0.25, 0.3) is 0 Å². The SMILES string of the molecule is Cc1ccc(C(N)COCC2CCCCC2)cc1. The van der Waals surface area contributed by atoms with E-state index < -0.39 is 0 Å². The van der Waals surface area contributed by atoms with Crippen LogP contribution in [0.1, 0.15) is 49.3 Å². The fourth-order valence-corrected chi connectivity index (χ4v) is 2.63. The molecule has 1 fully saturated rings. The predicted molar refractivity (Wildman–Crippen MR) is 75.5 cm³/mol. The minimum atomic E-state index is 0.00851. The summed E-state index contributed by atoms with van der Waals surface area (Å²) in [6.45, 7) is 3.62. The lowest BCUT2D eigenvalue weighted by Gasteiger charge is -2.22. The highest BCUT2D eigenvalue weighted by Gasteiger charge is 2.14. The van der Waals surface area contributed by atoms with Gasteiger partial charge in [0.2, 0.25) is 0 Å². The Morgan fingerprint density at radius 1 is 1.17 bits per heavy atom. The first-order valence-corrected chi connectivity index (χ1v) is 7.15. The molecule has 1 aromatic rings. The number of nitrogens with two attached hydrogens (primary N) is 1. The summed E-state index contributed by atoms with van der Waals surface area (Å²) in [6.07, 6.45) is 6.81. The van der Waals surface area contributed by atoms with Crippen molar-refractivity contribution < 1.29 is 4.74 Å². The van der Waals surface area contributed by atoms with Gasteiger partial charge in [0.25, 0.3) is 0 Å².